The van der Waals surface area contributed by atoms with Gasteiger partial charge in [0.25, 0.3) is 10.0 Å². The van der Waals surface area contributed by atoms with Crippen LogP contribution < -0.4 is 9.46 Å². The molecule has 0 bridgehead atoms. The van der Waals surface area contributed by atoms with Crippen molar-refractivity contribution in [3.63, 3.8) is 0 Å². The molecule has 0 unspecified atom stereocenters. The van der Waals surface area contributed by atoms with E-state index in [4.69, 9.17) is 4.74 Å². The number of nitrogens with zero attached hydrogens (tertiary/aromatic N) is 2. The van der Waals surface area contributed by atoms with Crippen molar-refractivity contribution >= 4 is 31.6 Å². The summed E-state index contributed by atoms with van der Waals surface area (Å²) in [5.74, 6) is 0.565. The van der Waals surface area contributed by atoms with Crippen LogP contribution in [0.15, 0.2) is 27.6 Å². The summed E-state index contributed by atoms with van der Waals surface area (Å²) in [4.78, 5) is 0.194. The van der Waals surface area contributed by atoms with Gasteiger partial charge < -0.3 is 4.74 Å². The number of hydrogen-bond acceptors (Lipinski definition) is 4. The van der Waals surface area contributed by atoms with Crippen LogP contribution in [0.3, 0.4) is 0 Å². The molecule has 0 amide bonds. The lowest BCUT2D eigenvalue weighted by molar-refractivity contribution is 0.415. The molecule has 0 aliphatic rings. The first-order valence-corrected chi connectivity index (χ1v) is 8.40. The molecule has 0 saturated heterocycles. The highest BCUT2D eigenvalue weighted by Crippen LogP contribution is 2.30. The van der Waals surface area contributed by atoms with Crippen molar-refractivity contribution in [3.05, 3.63) is 34.1 Å². The average Bonchev–Trinajstić information content (AvgIpc) is 2.66. The Kier molecular flexibility index (Phi) is 4.29. The summed E-state index contributed by atoms with van der Waals surface area (Å²) < 4.78 is 35.0. The van der Waals surface area contributed by atoms with Gasteiger partial charge in [-0.25, -0.2) is 8.42 Å². The van der Waals surface area contributed by atoms with Crippen molar-refractivity contribution in [2.45, 2.75) is 18.7 Å². The summed E-state index contributed by atoms with van der Waals surface area (Å²) >= 11 is 3.32. The van der Waals surface area contributed by atoms with E-state index in [9.17, 15) is 8.42 Å². The van der Waals surface area contributed by atoms with Gasteiger partial charge in [0.15, 0.2) is 0 Å². The summed E-state index contributed by atoms with van der Waals surface area (Å²) in [6.07, 6.45) is 0. The van der Waals surface area contributed by atoms with E-state index in [1.807, 2.05) is 0 Å². The number of halogens is 1. The molecular weight excluding hydrogens is 358 g/mol. The highest BCUT2D eigenvalue weighted by Gasteiger charge is 2.24. The van der Waals surface area contributed by atoms with Crippen molar-refractivity contribution in [2.75, 3.05) is 11.8 Å². The number of sulfonamides is 1. The fraction of sp³-hybridized carbons (Fsp3) is 0.308. The van der Waals surface area contributed by atoms with E-state index >= 15 is 0 Å². The van der Waals surface area contributed by atoms with E-state index < -0.39 is 10.0 Å². The van der Waals surface area contributed by atoms with Crippen LogP contribution in [0.25, 0.3) is 0 Å². The minimum absolute atomic E-state index is 0.194. The number of ether oxygens (including phenoxy) is 1. The second kappa shape index (κ2) is 5.69. The zero-order chi connectivity index (χ0) is 15.8. The number of aromatic nitrogens is 2. The van der Waals surface area contributed by atoms with Gasteiger partial charge in [0.2, 0.25) is 0 Å². The largest absolute Gasteiger partial charge is 0.497 e. The monoisotopic (exact) mass is 373 g/mol. The number of anilines is 1. The molecule has 2 rings (SSSR count). The quantitative estimate of drug-likeness (QED) is 0.893. The zero-order valence-electron chi connectivity index (χ0n) is 12.1. The second-order valence-electron chi connectivity index (χ2n) is 4.57. The van der Waals surface area contributed by atoms with Crippen LogP contribution in [0.2, 0.25) is 0 Å². The van der Waals surface area contributed by atoms with Gasteiger partial charge in [0.1, 0.15) is 10.6 Å². The SMILES string of the molecule is COc1ccc(Br)c(NS(=O)(=O)c2c(C)nn(C)c2C)c1. The standard InChI is InChI=1S/C13H16BrN3O3S/c1-8-13(9(2)17(3)15-8)21(18,19)16-12-7-10(20-4)5-6-11(12)14/h5-7,16H,1-4H3. The average molecular weight is 374 g/mol. The molecule has 114 valence electrons. The highest BCUT2D eigenvalue weighted by atomic mass is 79.9. The number of nitrogens with one attached hydrogen (secondary N) is 1. The predicted octanol–water partition coefficient (Wildman–Crippen LogP) is 2.61. The Labute approximate surface area is 132 Å². The first kappa shape index (κ1) is 15.8. The Morgan fingerprint density at radius 1 is 1.33 bits per heavy atom. The van der Waals surface area contributed by atoms with Gasteiger partial charge in [0.05, 0.1) is 24.2 Å². The molecule has 1 aromatic heterocycles. The predicted molar refractivity (Wildman–Crippen MR) is 84.2 cm³/mol. The van der Waals surface area contributed by atoms with Crippen molar-refractivity contribution in [1.82, 2.24) is 9.78 Å². The molecule has 1 heterocycles. The van der Waals surface area contributed by atoms with Crippen molar-refractivity contribution < 1.29 is 13.2 Å². The summed E-state index contributed by atoms with van der Waals surface area (Å²) in [5.41, 5.74) is 1.46. The molecule has 0 atom stereocenters. The van der Waals surface area contributed by atoms with E-state index in [2.05, 4.69) is 25.8 Å². The highest BCUT2D eigenvalue weighted by molar-refractivity contribution is 9.10. The molecule has 0 radical (unpaired) electrons. The van der Waals surface area contributed by atoms with E-state index in [-0.39, 0.29) is 4.90 Å². The van der Waals surface area contributed by atoms with Crippen molar-refractivity contribution in [3.8, 4) is 5.75 Å². The lowest BCUT2D eigenvalue weighted by Crippen LogP contribution is -2.15. The molecule has 0 aliphatic carbocycles. The molecule has 6 nitrogen and oxygen atoms in total. The number of methoxy groups -OCH3 is 1. The lowest BCUT2D eigenvalue weighted by Gasteiger charge is -2.11. The van der Waals surface area contributed by atoms with E-state index in [1.165, 1.54) is 7.11 Å². The van der Waals surface area contributed by atoms with Crippen LogP contribution in [0, 0.1) is 13.8 Å². The zero-order valence-corrected chi connectivity index (χ0v) is 14.5. The molecule has 21 heavy (non-hydrogen) atoms. The van der Waals surface area contributed by atoms with Crippen LogP contribution >= 0.6 is 15.9 Å². The third kappa shape index (κ3) is 3.06. The molecule has 1 aromatic carbocycles. The Balaban J connectivity index is 2.47. The third-order valence-electron chi connectivity index (χ3n) is 3.13. The van der Waals surface area contributed by atoms with Gasteiger partial charge in [-0.15, -0.1) is 0 Å². The maximum absolute atomic E-state index is 12.6. The first-order valence-electron chi connectivity index (χ1n) is 6.13. The Morgan fingerprint density at radius 3 is 2.52 bits per heavy atom. The second-order valence-corrected chi connectivity index (χ2v) is 7.05. The molecular formula is C13H16BrN3O3S. The van der Waals surface area contributed by atoms with Crippen molar-refractivity contribution in [1.29, 1.82) is 0 Å². The van der Waals surface area contributed by atoms with Gasteiger partial charge in [0, 0.05) is 17.6 Å². The van der Waals surface area contributed by atoms with Gasteiger partial charge in [-0.05, 0) is 41.9 Å². The van der Waals surface area contributed by atoms with Gasteiger partial charge in [-0.2, -0.15) is 5.10 Å². The van der Waals surface area contributed by atoms with Gasteiger partial charge in [-0.1, -0.05) is 0 Å². The minimum atomic E-state index is -3.72. The first-order chi connectivity index (χ1) is 9.76. The van der Waals surface area contributed by atoms with E-state index in [0.717, 1.165) is 0 Å². The molecule has 0 aliphatic heterocycles. The summed E-state index contributed by atoms with van der Waals surface area (Å²) in [6, 6.07) is 5.07. The maximum atomic E-state index is 12.6. The molecule has 1 N–H and O–H groups in total. The summed E-state index contributed by atoms with van der Waals surface area (Å²) in [5, 5.41) is 4.14. The fourth-order valence-corrected chi connectivity index (χ4v) is 4.04. The number of hydrogen-bond donors (Lipinski definition) is 1. The van der Waals surface area contributed by atoms with Crippen molar-refractivity contribution in [2.24, 2.45) is 7.05 Å². The Morgan fingerprint density at radius 2 is 2.00 bits per heavy atom. The van der Waals surface area contributed by atoms with Crippen LogP contribution in [0.4, 0.5) is 5.69 Å². The smallest absolute Gasteiger partial charge is 0.265 e. The number of benzene rings is 1. The fourth-order valence-electron chi connectivity index (χ4n) is 2.05. The van der Waals surface area contributed by atoms with E-state index in [0.29, 0.717) is 27.3 Å². The van der Waals surface area contributed by atoms with Crippen LogP contribution in [0.1, 0.15) is 11.4 Å². The van der Waals surface area contributed by atoms with Gasteiger partial charge in [-0.3, -0.25) is 9.40 Å². The third-order valence-corrected chi connectivity index (χ3v) is 5.44. The van der Waals surface area contributed by atoms with Crippen LogP contribution in [-0.4, -0.2) is 25.3 Å². The Hall–Kier alpha value is -1.54. The van der Waals surface area contributed by atoms with Crippen LogP contribution in [-0.2, 0) is 17.1 Å². The molecule has 2 aromatic rings. The van der Waals surface area contributed by atoms with Gasteiger partial charge >= 0.3 is 0 Å². The topological polar surface area (TPSA) is 73.2 Å². The molecule has 0 fully saturated rings. The summed E-state index contributed by atoms with van der Waals surface area (Å²) in [7, 11) is -0.484. The Bertz CT molecular complexity index is 784. The molecule has 0 saturated carbocycles. The number of aryl methyl sites for hydroxylation is 2. The molecule has 0 spiro atoms. The maximum Gasteiger partial charge on any atom is 0.265 e. The number of rotatable bonds is 4. The summed E-state index contributed by atoms with van der Waals surface area (Å²) in [6.45, 7) is 3.39. The molecule has 8 heteroatoms. The van der Waals surface area contributed by atoms with E-state index in [1.54, 1.807) is 43.8 Å². The van der Waals surface area contributed by atoms with Crippen LogP contribution in [0.5, 0.6) is 5.75 Å². The lowest BCUT2D eigenvalue weighted by atomic mass is 10.3. The normalized spacial score (nSPS) is 11.5. The minimum Gasteiger partial charge on any atom is -0.497 e.